The van der Waals surface area contributed by atoms with E-state index in [9.17, 15) is 4.79 Å². The van der Waals surface area contributed by atoms with Gasteiger partial charge < -0.3 is 10.3 Å². The minimum absolute atomic E-state index is 0.217. The summed E-state index contributed by atoms with van der Waals surface area (Å²) in [6.07, 6.45) is 3.11. The van der Waals surface area contributed by atoms with Crippen LogP contribution in [0.4, 0.5) is 5.82 Å². The van der Waals surface area contributed by atoms with E-state index in [1.54, 1.807) is 4.90 Å². The number of carbonyl (C=O) groups is 1. The highest BCUT2D eigenvalue weighted by molar-refractivity contribution is 5.92. The molecule has 0 aliphatic heterocycles. The van der Waals surface area contributed by atoms with Crippen LogP contribution in [0, 0.1) is 17.2 Å². The Balaban J connectivity index is 2.87. The van der Waals surface area contributed by atoms with Gasteiger partial charge in [-0.1, -0.05) is 13.8 Å². The average Bonchev–Trinajstić information content (AvgIpc) is 2.42. The van der Waals surface area contributed by atoms with Gasteiger partial charge in [0, 0.05) is 13.1 Å². The highest BCUT2D eigenvalue weighted by Gasteiger charge is 2.18. The van der Waals surface area contributed by atoms with Crippen LogP contribution in [-0.4, -0.2) is 33.9 Å². The molecule has 102 valence electrons. The minimum Gasteiger partial charge on any atom is -0.336 e. The van der Waals surface area contributed by atoms with Crippen molar-refractivity contribution in [3.05, 3.63) is 18.1 Å². The summed E-state index contributed by atoms with van der Waals surface area (Å²) in [5.41, 5.74) is 2.57. The maximum absolute atomic E-state index is 12.3. The van der Waals surface area contributed by atoms with Gasteiger partial charge in [0.2, 0.25) is 0 Å². The van der Waals surface area contributed by atoms with E-state index in [0.717, 1.165) is 0 Å². The highest BCUT2D eigenvalue weighted by atomic mass is 16.2. The van der Waals surface area contributed by atoms with Crippen LogP contribution < -0.4 is 11.3 Å². The summed E-state index contributed by atoms with van der Waals surface area (Å²) in [7, 11) is 0. The van der Waals surface area contributed by atoms with Gasteiger partial charge in [-0.25, -0.2) is 10.8 Å². The number of aromatic nitrogens is 2. The van der Waals surface area contributed by atoms with E-state index in [1.165, 1.54) is 12.4 Å². The van der Waals surface area contributed by atoms with Gasteiger partial charge in [0.05, 0.1) is 24.9 Å². The molecule has 0 saturated carbocycles. The summed E-state index contributed by atoms with van der Waals surface area (Å²) in [5, 5.41) is 8.64. The van der Waals surface area contributed by atoms with E-state index in [4.69, 9.17) is 11.1 Å². The number of nitrogen functional groups attached to an aromatic ring is 1. The third-order valence-corrected chi connectivity index (χ3v) is 2.37. The largest absolute Gasteiger partial charge is 0.336 e. The molecule has 0 radical (unpaired) electrons. The molecule has 0 aromatic carbocycles. The number of hydrazine groups is 1. The molecule has 3 N–H and O–H groups in total. The molecule has 0 atom stereocenters. The van der Waals surface area contributed by atoms with E-state index < -0.39 is 0 Å². The Hall–Kier alpha value is -2.20. The van der Waals surface area contributed by atoms with Gasteiger partial charge in [0.1, 0.15) is 5.69 Å². The van der Waals surface area contributed by atoms with E-state index in [2.05, 4.69) is 15.4 Å². The molecule has 1 rings (SSSR count). The minimum atomic E-state index is -0.242. The summed E-state index contributed by atoms with van der Waals surface area (Å²) in [6.45, 7) is 4.98. The number of hydrogen-bond donors (Lipinski definition) is 2. The first-order valence-corrected chi connectivity index (χ1v) is 6.03. The molecule has 0 saturated heterocycles. The lowest BCUT2D eigenvalue weighted by molar-refractivity contribution is 0.0733. The number of amides is 1. The van der Waals surface area contributed by atoms with Crippen molar-refractivity contribution >= 4 is 11.7 Å². The number of carbonyl (C=O) groups excluding carboxylic acids is 1. The zero-order valence-electron chi connectivity index (χ0n) is 11.1. The zero-order chi connectivity index (χ0) is 14.3. The topological polar surface area (TPSA) is 108 Å². The Morgan fingerprint density at radius 2 is 2.32 bits per heavy atom. The van der Waals surface area contributed by atoms with E-state index in [-0.39, 0.29) is 11.6 Å². The van der Waals surface area contributed by atoms with Crippen molar-refractivity contribution in [2.75, 3.05) is 18.5 Å². The van der Waals surface area contributed by atoms with Crippen molar-refractivity contribution in [1.82, 2.24) is 14.9 Å². The summed E-state index contributed by atoms with van der Waals surface area (Å²) in [6, 6.07) is 2.04. The van der Waals surface area contributed by atoms with Crippen LogP contribution in [-0.2, 0) is 0 Å². The number of nitrogens with two attached hydrogens (primary N) is 1. The van der Waals surface area contributed by atoms with E-state index in [0.29, 0.717) is 31.2 Å². The average molecular weight is 262 g/mol. The lowest BCUT2D eigenvalue weighted by Gasteiger charge is -2.23. The molecule has 0 unspecified atom stereocenters. The van der Waals surface area contributed by atoms with Crippen LogP contribution >= 0.6 is 0 Å². The second kappa shape index (κ2) is 7.28. The van der Waals surface area contributed by atoms with Crippen molar-refractivity contribution in [1.29, 1.82) is 5.26 Å². The summed E-state index contributed by atoms with van der Waals surface area (Å²) in [5.74, 6) is 5.63. The van der Waals surface area contributed by atoms with Crippen molar-refractivity contribution in [2.45, 2.75) is 20.3 Å². The maximum atomic E-state index is 12.3. The first-order valence-electron chi connectivity index (χ1n) is 6.03. The molecule has 0 fully saturated rings. The van der Waals surface area contributed by atoms with Crippen molar-refractivity contribution in [2.24, 2.45) is 11.8 Å². The van der Waals surface area contributed by atoms with Crippen molar-refractivity contribution < 1.29 is 4.79 Å². The van der Waals surface area contributed by atoms with Gasteiger partial charge in [0.15, 0.2) is 5.82 Å². The SMILES string of the molecule is CC(C)CN(CCC#N)C(=O)c1cncc(NN)n1. The molecular weight excluding hydrogens is 244 g/mol. The molecule has 1 amide bonds. The zero-order valence-corrected chi connectivity index (χ0v) is 11.1. The predicted octanol–water partition coefficient (Wildman–Crippen LogP) is 0.774. The van der Waals surface area contributed by atoms with Gasteiger partial charge in [-0.2, -0.15) is 5.26 Å². The molecule has 0 spiro atoms. The lowest BCUT2D eigenvalue weighted by Crippen LogP contribution is -2.35. The van der Waals surface area contributed by atoms with Gasteiger partial charge in [0.25, 0.3) is 5.91 Å². The van der Waals surface area contributed by atoms with Gasteiger partial charge in [-0.3, -0.25) is 9.78 Å². The van der Waals surface area contributed by atoms with Crippen LogP contribution in [0.5, 0.6) is 0 Å². The maximum Gasteiger partial charge on any atom is 0.274 e. The molecule has 1 aromatic heterocycles. The smallest absolute Gasteiger partial charge is 0.274 e. The molecule has 7 heteroatoms. The quantitative estimate of drug-likeness (QED) is 0.579. The molecule has 0 aliphatic carbocycles. The number of anilines is 1. The Morgan fingerprint density at radius 1 is 1.58 bits per heavy atom. The van der Waals surface area contributed by atoms with E-state index >= 15 is 0 Å². The molecule has 0 aliphatic rings. The van der Waals surface area contributed by atoms with Crippen LogP contribution in [0.3, 0.4) is 0 Å². The Kier molecular flexibility index (Phi) is 5.70. The highest BCUT2D eigenvalue weighted by Crippen LogP contribution is 2.08. The predicted molar refractivity (Wildman–Crippen MR) is 70.8 cm³/mol. The second-order valence-electron chi connectivity index (χ2n) is 4.49. The molecule has 0 bridgehead atoms. The fourth-order valence-corrected chi connectivity index (χ4v) is 1.60. The Labute approximate surface area is 112 Å². The van der Waals surface area contributed by atoms with Crippen LogP contribution in [0.25, 0.3) is 0 Å². The summed E-state index contributed by atoms with van der Waals surface area (Å²) in [4.78, 5) is 21.9. The number of hydrogen-bond acceptors (Lipinski definition) is 6. The number of rotatable bonds is 6. The number of nitriles is 1. The molecule has 1 aromatic rings. The second-order valence-corrected chi connectivity index (χ2v) is 4.49. The Morgan fingerprint density at radius 3 is 2.89 bits per heavy atom. The summed E-state index contributed by atoms with van der Waals surface area (Å²) < 4.78 is 0. The van der Waals surface area contributed by atoms with Crippen molar-refractivity contribution in [3.8, 4) is 6.07 Å². The van der Waals surface area contributed by atoms with Gasteiger partial charge in [-0.05, 0) is 5.92 Å². The standard InChI is InChI=1S/C12H18N6O/c1-9(2)8-18(5-3-4-13)12(19)10-6-15-7-11(16-10)17-14/h6-7,9H,3,5,8,14H2,1-2H3,(H,16,17). The third kappa shape index (κ3) is 4.52. The van der Waals surface area contributed by atoms with Crippen LogP contribution in [0.1, 0.15) is 30.8 Å². The molecule has 19 heavy (non-hydrogen) atoms. The number of nitrogens with zero attached hydrogens (tertiary/aromatic N) is 4. The summed E-state index contributed by atoms with van der Waals surface area (Å²) >= 11 is 0. The molecule has 1 heterocycles. The van der Waals surface area contributed by atoms with Crippen LogP contribution in [0.2, 0.25) is 0 Å². The van der Waals surface area contributed by atoms with E-state index in [1.807, 2.05) is 19.9 Å². The fraction of sp³-hybridized carbons (Fsp3) is 0.500. The Bertz CT molecular complexity index is 468. The van der Waals surface area contributed by atoms with Gasteiger partial charge in [-0.15, -0.1) is 0 Å². The monoisotopic (exact) mass is 262 g/mol. The lowest BCUT2D eigenvalue weighted by atomic mass is 10.2. The fourth-order valence-electron chi connectivity index (χ4n) is 1.60. The van der Waals surface area contributed by atoms with Gasteiger partial charge >= 0.3 is 0 Å². The van der Waals surface area contributed by atoms with Crippen molar-refractivity contribution in [3.63, 3.8) is 0 Å². The molecule has 7 nitrogen and oxygen atoms in total. The first-order chi connectivity index (χ1) is 9.08. The first kappa shape index (κ1) is 14.9. The normalized spacial score (nSPS) is 10.1. The van der Waals surface area contributed by atoms with Crippen LogP contribution in [0.15, 0.2) is 12.4 Å². The molecular formula is C12H18N6O. The third-order valence-electron chi connectivity index (χ3n) is 2.37. The number of nitrogens with one attached hydrogen (secondary N) is 1.